The number of aryl methyl sites for hydroxylation is 1. The number of sulfone groups is 1. The van der Waals surface area contributed by atoms with E-state index in [0.717, 1.165) is 6.26 Å². The maximum atomic E-state index is 11.8. The molecule has 2 rings (SSSR count). The second-order valence-electron chi connectivity index (χ2n) is 4.30. The van der Waals surface area contributed by atoms with Crippen LogP contribution in [0.2, 0.25) is 0 Å². The van der Waals surface area contributed by atoms with Gasteiger partial charge in [-0.05, 0) is 31.2 Å². The fraction of sp³-hybridized carbons (Fsp3) is 0.231. The molecule has 0 N–H and O–H groups in total. The van der Waals surface area contributed by atoms with Crippen LogP contribution in [0.15, 0.2) is 39.8 Å². The molecule has 0 spiro atoms. The van der Waals surface area contributed by atoms with Crippen LogP contribution in [0.5, 0.6) is 0 Å². The predicted molar refractivity (Wildman–Crippen MR) is 69.9 cm³/mol. The van der Waals surface area contributed by atoms with Crippen molar-refractivity contribution in [2.45, 2.75) is 18.4 Å². The number of rotatable bonds is 4. The molecular formula is C13H13NO5S. The minimum Gasteiger partial charge on any atom is -0.455 e. The number of benzene rings is 1. The summed E-state index contributed by atoms with van der Waals surface area (Å²) in [4.78, 5) is 11.9. The van der Waals surface area contributed by atoms with Gasteiger partial charge in [0.2, 0.25) is 0 Å². The first-order valence-corrected chi connectivity index (χ1v) is 7.65. The fourth-order valence-corrected chi connectivity index (χ4v) is 2.18. The lowest BCUT2D eigenvalue weighted by Crippen LogP contribution is -2.06. The Morgan fingerprint density at radius 1 is 1.30 bits per heavy atom. The van der Waals surface area contributed by atoms with E-state index in [9.17, 15) is 13.2 Å². The summed E-state index contributed by atoms with van der Waals surface area (Å²) in [5, 5.41) is 3.70. The first-order chi connectivity index (χ1) is 9.36. The molecule has 0 bridgehead atoms. The molecule has 0 aliphatic heterocycles. The van der Waals surface area contributed by atoms with Crippen LogP contribution in [0, 0.1) is 6.92 Å². The van der Waals surface area contributed by atoms with Crippen LogP contribution in [0.4, 0.5) is 0 Å². The third-order valence-electron chi connectivity index (χ3n) is 2.55. The van der Waals surface area contributed by atoms with Crippen molar-refractivity contribution in [2.24, 2.45) is 0 Å². The summed E-state index contributed by atoms with van der Waals surface area (Å²) in [6, 6.07) is 7.22. The zero-order valence-corrected chi connectivity index (χ0v) is 11.8. The second kappa shape index (κ2) is 5.46. The summed E-state index contributed by atoms with van der Waals surface area (Å²) in [6.07, 6.45) is 1.10. The average Bonchev–Trinajstić information content (AvgIpc) is 2.81. The minimum absolute atomic E-state index is 0.00397. The van der Waals surface area contributed by atoms with Gasteiger partial charge in [-0.3, -0.25) is 0 Å². The lowest BCUT2D eigenvalue weighted by Gasteiger charge is -2.03. The third-order valence-corrected chi connectivity index (χ3v) is 3.67. The van der Waals surface area contributed by atoms with Crippen LogP contribution >= 0.6 is 0 Å². The molecule has 0 radical (unpaired) electrons. The second-order valence-corrected chi connectivity index (χ2v) is 6.32. The fourth-order valence-electron chi connectivity index (χ4n) is 1.55. The number of ether oxygens (including phenoxy) is 1. The van der Waals surface area contributed by atoms with Crippen LogP contribution in [0.25, 0.3) is 0 Å². The van der Waals surface area contributed by atoms with Gasteiger partial charge in [0.25, 0.3) is 0 Å². The molecule has 7 heteroatoms. The van der Waals surface area contributed by atoms with E-state index in [1.54, 1.807) is 13.0 Å². The van der Waals surface area contributed by atoms with Gasteiger partial charge in [-0.15, -0.1) is 0 Å². The quantitative estimate of drug-likeness (QED) is 0.799. The minimum atomic E-state index is -3.27. The molecular weight excluding hydrogens is 282 g/mol. The van der Waals surface area contributed by atoms with E-state index >= 15 is 0 Å². The normalized spacial score (nSPS) is 11.3. The van der Waals surface area contributed by atoms with Crippen molar-refractivity contribution in [1.29, 1.82) is 0 Å². The SMILES string of the molecule is Cc1cc(COC(=O)c2ccc(S(C)(=O)=O)cc2)no1. The molecule has 0 amide bonds. The summed E-state index contributed by atoms with van der Waals surface area (Å²) in [7, 11) is -3.27. The maximum absolute atomic E-state index is 11.8. The third kappa shape index (κ3) is 3.45. The van der Waals surface area contributed by atoms with E-state index in [1.807, 2.05) is 0 Å². The van der Waals surface area contributed by atoms with Crippen molar-refractivity contribution in [1.82, 2.24) is 5.16 Å². The van der Waals surface area contributed by atoms with E-state index in [1.165, 1.54) is 24.3 Å². The number of hydrogen-bond acceptors (Lipinski definition) is 6. The average molecular weight is 295 g/mol. The number of esters is 1. The predicted octanol–water partition coefficient (Wildman–Crippen LogP) is 1.74. The van der Waals surface area contributed by atoms with Crippen molar-refractivity contribution in [3.05, 3.63) is 47.3 Å². The number of aromatic nitrogens is 1. The highest BCUT2D eigenvalue weighted by atomic mass is 32.2. The van der Waals surface area contributed by atoms with E-state index in [2.05, 4.69) is 5.16 Å². The standard InChI is InChI=1S/C13H13NO5S/c1-9-7-11(14-19-9)8-18-13(15)10-3-5-12(6-4-10)20(2,16)17/h3-7H,8H2,1-2H3. The van der Waals surface area contributed by atoms with Gasteiger partial charge in [-0.1, -0.05) is 5.16 Å². The summed E-state index contributed by atoms with van der Waals surface area (Å²) in [5.74, 6) is 0.0826. The maximum Gasteiger partial charge on any atom is 0.338 e. The molecule has 0 aliphatic carbocycles. The van der Waals surface area contributed by atoms with Crippen LogP contribution < -0.4 is 0 Å². The van der Waals surface area contributed by atoms with Gasteiger partial charge in [-0.25, -0.2) is 13.2 Å². The monoisotopic (exact) mass is 295 g/mol. The van der Waals surface area contributed by atoms with Crippen molar-refractivity contribution < 1.29 is 22.5 Å². The molecule has 2 aromatic rings. The number of carbonyl (C=O) groups is 1. The van der Waals surface area contributed by atoms with E-state index in [0.29, 0.717) is 11.5 Å². The van der Waals surface area contributed by atoms with Crippen molar-refractivity contribution >= 4 is 15.8 Å². The highest BCUT2D eigenvalue weighted by Crippen LogP contribution is 2.12. The molecule has 1 aromatic heterocycles. The van der Waals surface area contributed by atoms with E-state index < -0.39 is 15.8 Å². The molecule has 0 unspecified atom stereocenters. The lowest BCUT2D eigenvalue weighted by molar-refractivity contribution is 0.0464. The Balaban J connectivity index is 2.02. The first-order valence-electron chi connectivity index (χ1n) is 5.76. The number of nitrogens with zero attached hydrogens (tertiary/aromatic N) is 1. The van der Waals surface area contributed by atoms with Crippen LogP contribution in [0.1, 0.15) is 21.8 Å². The van der Waals surface area contributed by atoms with E-state index in [-0.39, 0.29) is 17.1 Å². The van der Waals surface area contributed by atoms with E-state index in [4.69, 9.17) is 9.26 Å². The number of hydrogen-bond donors (Lipinski definition) is 0. The molecule has 0 aliphatic rings. The molecule has 1 aromatic carbocycles. The highest BCUT2D eigenvalue weighted by Gasteiger charge is 2.11. The molecule has 0 fully saturated rings. The van der Waals surface area contributed by atoms with Gasteiger partial charge < -0.3 is 9.26 Å². The highest BCUT2D eigenvalue weighted by molar-refractivity contribution is 7.90. The molecule has 6 nitrogen and oxygen atoms in total. The van der Waals surface area contributed by atoms with Gasteiger partial charge in [0.05, 0.1) is 10.5 Å². The van der Waals surface area contributed by atoms with Gasteiger partial charge in [0.15, 0.2) is 9.84 Å². The molecule has 20 heavy (non-hydrogen) atoms. The molecule has 0 saturated heterocycles. The van der Waals surface area contributed by atoms with Crippen molar-refractivity contribution in [2.75, 3.05) is 6.26 Å². The Kier molecular flexibility index (Phi) is 3.89. The Morgan fingerprint density at radius 2 is 1.95 bits per heavy atom. The smallest absolute Gasteiger partial charge is 0.338 e. The topological polar surface area (TPSA) is 86.5 Å². The van der Waals surface area contributed by atoms with Crippen LogP contribution in [0.3, 0.4) is 0 Å². The van der Waals surface area contributed by atoms with Gasteiger partial charge in [-0.2, -0.15) is 0 Å². The zero-order valence-electron chi connectivity index (χ0n) is 11.0. The summed E-state index contributed by atoms with van der Waals surface area (Å²) >= 11 is 0. The Morgan fingerprint density at radius 3 is 2.45 bits per heavy atom. The summed E-state index contributed by atoms with van der Waals surface area (Å²) in [5.41, 5.74) is 0.793. The Labute approximate surface area is 116 Å². The van der Waals surface area contributed by atoms with Crippen LogP contribution in [-0.4, -0.2) is 25.8 Å². The zero-order chi connectivity index (χ0) is 14.8. The van der Waals surface area contributed by atoms with Crippen molar-refractivity contribution in [3.63, 3.8) is 0 Å². The largest absolute Gasteiger partial charge is 0.455 e. The summed E-state index contributed by atoms with van der Waals surface area (Å²) < 4.78 is 32.5. The van der Waals surface area contributed by atoms with Gasteiger partial charge >= 0.3 is 5.97 Å². The first kappa shape index (κ1) is 14.3. The van der Waals surface area contributed by atoms with Crippen molar-refractivity contribution in [3.8, 4) is 0 Å². The molecule has 1 heterocycles. The van der Waals surface area contributed by atoms with Crippen LogP contribution in [-0.2, 0) is 21.2 Å². The molecule has 0 atom stereocenters. The van der Waals surface area contributed by atoms with Gasteiger partial charge in [0.1, 0.15) is 18.1 Å². The van der Waals surface area contributed by atoms with Gasteiger partial charge in [0, 0.05) is 12.3 Å². The molecule has 106 valence electrons. The lowest BCUT2D eigenvalue weighted by atomic mass is 10.2. The Hall–Kier alpha value is -2.15. The number of carbonyl (C=O) groups excluding carboxylic acids is 1. The Bertz CT molecular complexity index is 715. The summed E-state index contributed by atoms with van der Waals surface area (Å²) in [6.45, 7) is 1.74. The molecule has 0 saturated carbocycles.